The van der Waals surface area contributed by atoms with E-state index in [1.54, 1.807) is 19.3 Å². The van der Waals surface area contributed by atoms with Crippen LogP contribution in [-0.4, -0.2) is 26.0 Å². The van der Waals surface area contributed by atoms with Crippen LogP contribution in [0.5, 0.6) is 5.75 Å². The smallest absolute Gasteiger partial charge is 0.347 e. The van der Waals surface area contributed by atoms with Crippen molar-refractivity contribution in [1.29, 1.82) is 0 Å². The van der Waals surface area contributed by atoms with Crippen LogP contribution >= 0.6 is 0 Å². The maximum absolute atomic E-state index is 12.7. The molecule has 4 aromatic rings. The number of nitrogens with zero attached hydrogens (tertiary/aromatic N) is 1. The van der Waals surface area contributed by atoms with Crippen LogP contribution < -0.4 is 15.3 Å². The van der Waals surface area contributed by atoms with Crippen molar-refractivity contribution < 1.29 is 13.9 Å². The molecule has 162 valence electrons. The second kappa shape index (κ2) is 9.10. The second-order valence-electron chi connectivity index (χ2n) is 7.51. The lowest BCUT2D eigenvalue weighted by molar-refractivity contribution is 0.104. The van der Waals surface area contributed by atoms with E-state index in [0.29, 0.717) is 5.58 Å². The molecule has 0 aliphatic carbocycles. The molecule has 0 N–H and O–H groups in total. The SMILES string of the molecule is CCN(CC)c1ccc2cc(C(=O)/C=C/c3ccc4cc(OC)ccc4c3)c(=O)oc2c1. The van der Waals surface area contributed by atoms with Gasteiger partial charge in [0.05, 0.1) is 7.11 Å². The van der Waals surface area contributed by atoms with Gasteiger partial charge < -0.3 is 14.1 Å². The van der Waals surface area contributed by atoms with Gasteiger partial charge in [0.25, 0.3) is 0 Å². The predicted octanol–water partition coefficient (Wildman–Crippen LogP) is 5.70. The fourth-order valence-corrected chi connectivity index (χ4v) is 3.79. The van der Waals surface area contributed by atoms with Crippen LogP contribution in [-0.2, 0) is 0 Å². The van der Waals surface area contributed by atoms with Gasteiger partial charge in [0.1, 0.15) is 16.9 Å². The number of allylic oxidation sites excluding steroid dienone is 1. The number of hydrogen-bond donors (Lipinski definition) is 0. The quantitative estimate of drug-likeness (QED) is 0.215. The number of hydrogen-bond acceptors (Lipinski definition) is 5. The first-order valence-corrected chi connectivity index (χ1v) is 10.7. The van der Waals surface area contributed by atoms with Crippen molar-refractivity contribution in [3.63, 3.8) is 0 Å². The van der Waals surface area contributed by atoms with Crippen LogP contribution in [0.4, 0.5) is 5.69 Å². The van der Waals surface area contributed by atoms with E-state index in [-0.39, 0.29) is 11.3 Å². The maximum Gasteiger partial charge on any atom is 0.347 e. The van der Waals surface area contributed by atoms with Crippen molar-refractivity contribution in [3.05, 3.63) is 88.3 Å². The summed E-state index contributed by atoms with van der Waals surface area (Å²) in [5.74, 6) is 0.409. The Bertz CT molecular complexity index is 1380. The standard InChI is InChI=1S/C27H25NO4/c1-4-28(5-2)22-11-9-21-16-24(27(30)32-26(21)17-22)25(29)13-7-18-6-8-20-15-23(31-3)12-10-19(20)14-18/h6-17H,4-5H2,1-3H3/b13-7+. The molecule has 0 radical (unpaired) electrons. The molecule has 1 heterocycles. The van der Waals surface area contributed by atoms with Crippen molar-refractivity contribution in [2.24, 2.45) is 0 Å². The molecule has 32 heavy (non-hydrogen) atoms. The van der Waals surface area contributed by atoms with Gasteiger partial charge in [0, 0.05) is 30.2 Å². The fraction of sp³-hybridized carbons (Fsp3) is 0.185. The Labute approximate surface area is 186 Å². The Morgan fingerprint density at radius 2 is 1.66 bits per heavy atom. The second-order valence-corrected chi connectivity index (χ2v) is 7.51. The Hall–Kier alpha value is -3.86. The summed E-state index contributed by atoms with van der Waals surface area (Å²) in [5, 5.41) is 2.80. The number of carbonyl (C=O) groups is 1. The summed E-state index contributed by atoms with van der Waals surface area (Å²) in [5.41, 5.74) is 1.72. The first-order valence-electron chi connectivity index (χ1n) is 10.7. The third kappa shape index (κ3) is 4.28. The minimum absolute atomic E-state index is 0.0230. The molecule has 0 bridgehead atoms. The summed E-state index contributed by atoms with van der Waals surface area (Å²) in [6, 6.07) is 19.0. The molecule has 5 nitrogen and oxygen atoms in total. The van der Waals surface area contributed by atoms with Gasteiger partial charge in [-0.2, -0.15) is 0 Å². The van der Waals surface area contributed by atoms with Gasteiger partial charge in [-0.3, -0.25) is 4.79 Å². The number of fused-ring (bicyclic) bond motifs is 2. The van der Waals surface area contributed by atoms with Crippen LogP contribution in [0.2, 0.25) is 0 Å². The molecule has 0 aliphatic heterocycles. The molecule has 0 amide bonds. The molecule has 4 rings (SSSR count). The number of benzene rings is 3. The molecule has 0 saturated carbocycles. The lowest BCUT2D eigenvalue weighted by Gasteiger charge is -2.20. The first kappa shape index (κ1) is 21.4. The van der Waals surface area contributed by atoms with Gasteiger partial charge in [-0.05, 0) is 72.7 Å². The number of ketones is 1. The van der Waals surface area contributed by atoms with Crippen LogP contribution in [0.1, 0.15) is 29.8 Å². The van der Waals surface area contributed by atoms with Gasteiger partial charge in [-0.1, -0.05) is 24.3 Å². The van der Waals surface area contributed by atoms with Crippen LogP contribution in [0.3, 0.4) is 0 Å². The molecule has 0 aliphatic rings. The zero-order chi connectivity index (χ0) is 22.7. The lowest BCUT2D eigenvalue weighted by Crippen LogP contribution is -2.21. The summed E-state index contributed by atoms with van der Waals surface area (Å²) in [4.78, 5) is 27.4. The summed E-state index contributed by atoms with van der Waals surface area (Å²) in [7, 11) is 1.64. The van der Waals surface area contributed by atoms with E-state index >= 15 is 0 Å². The molecule has 0 unspecified atom stereocenters. The van der Waals surface area contributed by atoms with Crippen LogP contribution in [0, 0.1) is 0 Å². The number of ether oxygens (including phenoxy) is 1. The highest BCUT2D eigenvalue weighted by Crippen LogP contribution is 2.24. The van der Waals surface area contributed by atoms with Crippen molar-refractivity contribution in [2.75, 3.05) is 25.1 Å². The minimum Gasteiger partial charge on any atom is -0.497 e. The third-order valence-corrected chi connectivity index (χ3v) is 5.61. The number of anilines is 1. The van der Waals surface area contributed by atoms with Gasteiger partial charge in [-0.25, -0.2) is 4.79 Å². The molecular formula is C27H25NO4. The number of carbonyl (C=O) groups excluding carboxylic acids is 1. The summed E-state index contributed by atoms with van der Waals surface area (Å²) < 4.78 is 10.7. The van der Waals surface area contributed by atoms with E-state index in [4.69, 9.17) is 9.15 Å². The van der Waals surface area contributed by atoms with Gasteiger partial charge in [0.2, 0.25) is 0 Å². The van der Waals surface area contributed by atoms with E-state index in [1.807, 2.05) is 54.6 Å². The maximum atomic E-state index is 12.7. The highest BCUT2D eigenvalue weighted by atomic mass is 16.5. The van der Waals surface area contributed by atoms with E-state index in [2.05, 4.69) is 18.7 Å². The normalized spacial score (nSPS) is 11.3. The largest absolute Gasteiger partial charge is 0.497 e. The zero-order valence-electron chi connectivity index (χ0n) is 18.4. The van der Waals surface area contributed by atoms with E-state index in [9.17, 15) is 9.59 Å². The molecule has 0 atom stereocenters. The Kier molecular flexibility index (Phi) is 6.08. The molecule has 0 saturated heterocycles. The third-order valence-electron chi connectivity index (χ3n) is 5.61. The average molecular weight is 428 g/mol. The van der Waals surface area contributed by atoms with E-state index in [1.165, 1.54) is 6.08 Å². The van der Waals surface area contributed by atoms with Crippen LogP contribution in [0.15, 0.2) is 76.0 Å². The minimum atomic E-state index is -0.630. The molecule has 3 aromatic carbocycles. The molecule has 1 aromatic heterocycles. The molecule has 0 spiro atoms. The van der Waals surface area contributed by atoms with Crippen molar-refractivity contribution in [1.82, 2.24) is 0 Å². The summed E-state index contributed by atoms with van der Waals surface area (Å²) in [6.45, 7) is 5.86. The highest BCUT2D eigenvalue weighted by molar-refractivity contribution is 6.08. The van der Waals surface area contributed by atoms with Crippen molar-refractivity contribution >= 4 is 39.3 Å². The fourth-order valence-electron chi connectivity index (χ4n) is 3.79. The predicted molar refractivity (Wildman–Crippen MR) is 130 cm³/mol. The Morgan fingerprint density at radius 1 is 0.938 bits per heavy atom. The lowest BCUT2D eigenvalue weighted by atomic mass is 10.0. The summed E-state index contributed by atoms with van der Waals surface area (Å²) in [6.07, 6.45) is 3.12. The van der Waals surface area contributed by atoms with E-state index in [0.717, 1.165) is 46.2 Å². The van der Waals surface area contributed by atoms with Gasteiger partial charge in [-0.15, -0.1) is 0 Å². The van der Waals surface area contributed by atoms with Crippen molar-refractivity contribution in [3.8, 4) is 5.75 Å². The van der Waals surface area contributed by atoms with Crippen LogP contribution in [0.25, 0.3) is 27.8 Å². The molecular weight excluding hydrogens is 402 g/mol. The molecule has 0 fully saturated rings. The average Bonchev–Trinajstić information content (AvgIpc) is 2.82. The Morgan fingerprint density at radius 3 is 2.41 bits per heavy atom. The number of rotatable bonds is 7. The van der Waals surface area contributed by atoms with Crippen molar-refractivity contribution in [2.45, 2.75) is 13.8 Å². The topological polar surface area (TPSA) is 59.8 Å². The highest BCUT2D eigenvalue weighted by Gasteiger charge is 2.13. The monoisotopic (exact) mass is 427 g/mol. The first-order chi connectivity index (χ1) is 15.5. The van der Waals surface area contributed by atoms with Gasteiger partial charge >= 0.3 is 5.63 Å². The number of methoxy groups -OCH3 is 1. The zero-order valence-corrected chi connectivity index (χ0v) is 18.4. The Balaban J connectivity index is 1.61. The molecule has 5 heteroatoms. The van der Waals surface area contributed by atoms with Gasteiger partial charge in [0.15, 0.2) is 5.78 Å². The van der Waals surface area contributed by atoms with E-state index < -0.39 is 5.63 Å². The summed E-state index contributed by atoms with van der Waals surface area (Å²) >= 11 is 0.